The fraction of sp³-hybridized carbons (Fsp3) is 0.267. The number of carbonyl (C=O) groups is 1. The zero-order valence-electron chi connectivity index (χ0n) is 12.9. The molecule has 134 valence electrons. The standard InChI is InChI=1S/C15H13Cl2NO4S3/c1-22-15(19)13-12(4-6-23-13)25(20,21)18-5-7-24-14(18)9-2-3-10(16)11(17)8-9/h2-4,6,8,14H,5,7H2,1H3. The van der Waals surface area contributed by atoms with Gasteiger partial charge in [0.05, 0.1) is 22.5 Å². The predicted octanol–water partition coefficient (Wildman–Crippen LogP) is 4.28. The van der Waals surface area contributed by atoms with E-state index >= 15 is 0 Å². The van der Waals surface area contributed by atoms with Crippen molar-refractivity contribution in [2.75, 3.05) is 19.4 Å². The van der Waals surface area contributed by atoms with Gasteiger partial charge in [-0.1, -0.05) is 29.3 Å². The number of hydrogen-bond donors (Lipinski definition) is 0. The van der Waals surface area contributed by atoms with Crippen LogP contribution in [0, 0.1) is 0 Å². The molecule has 1 aromatic carbocycles. The average Bonchev–Trinajstić information content (AvgIpc) is 3.26. The number of ether oxygens (including phenoxy) is 1. The summed E-state index contributed by atoms with van der Waals surface area (Å²) in [7, 11) is -2.63. The van der Waals surface area contributed by atoms with Crippen molar-refractivity contribution < 1.29 is 17.9 Å². The number of benzene rings is 1. The third-order valence-corrected chi connectivity index (χ3v) is 8.73. The maximum atomic E-state index is 13.1. The summed E-state index contributed by atoms with van der Waals surface area (Å²) in [6, 6.07) is 6.51. The molecule has 1 aromatic heterocycles. The molecule has 1 saturated heterocycles. The number of nitrogens with zero attached hydrogens (tertiary/aromatic N) is 1. The Kier molecular flexibility index (Phi) is 5.67. The molecule has 1 atom stereocenters. The van der Waals surface area contributed by atoms with Crippen molar-refractivity contribution >= 4 is 62.3 Å². The zero-order valence-corrected chi connectivity index (χ0v) is 16.9. The SMILES string of the molecule is COC(=O)c1sccc1S(=O)(=O)N1CCSC1c1ccc(Cl)c(Cl)c1. The largest absolute Gasteiger partial charge is 0.465 e. The maximum absolute atomic E-state index is 13.1. The highest BCUT2D eigenvalue weighted by Crippen LogP contribution is 2.43. The van der Waals surface area contributed by atoms with Crippen LogP contribution >= 0.6 is 46.3 Å². The normalized spacial score (nSPS) is 18.4. The van der Waals surface area contributed by atoms with E-state index in [1.807, 2.05) is 0 Å². The molecule has 0 N–H and O–H groups in total. The topological polar surface area (TPSA) is 63.7 Å². The van der Waals surface area contributed by atoms with Crippen LogP contribution in [0.25, 0.3) is 0 Å². The zero-order chi connectivity index (χ0) is 18.2. The second-order valence-corrected chi connectivity index (χ2v) is 9.90. The molecule has 0 bridgehead atoms. The van der Waals surface area contributed by atoms with Crippen molar-refractivity contribution in [2.24, 2.45) is 0 Å². The van der Waals surface area contributed by atoms with Gasteiger partial charge in [-0.05, 0) is 29.1 Å². The van der Waals surface area contributed by atoms with E-state index in [0.29, 0.717) is 22.3 Å². The van der Waals surface area contributed by atoms with Crippen LogP contribution in [0.1, 0.15) is 20.6 Å². The number of thioether (sulfide) groups is 1. The number of esters is 1. The molecule has 0 radical (unpaired) electrons. The summed E-state index contributed by atoms with van der Waals surface area (Å²) in [5.41, 5.74) is 0.746. The van der Waals surface area contributed by atoms with Crippen LogP contribution in [0.2, 0.25) is 10.0 Å². The third kappa shape index (κ3) is 3.56. The van der Waals surface area contributed by atoms with Crippen LogP contribution in [-0.2, 0) is 14.8 Å². The molecule has 1 fully saturated rings. The molecule has 25 heavy (non-hydrogen) atoms. The Morgan fingerprint density at radius 3 is 2.72 bits per heavy atom. The van der Waals surface area contributed by atoms with Crippen molar-refractivity contribution in [1.82, 2.24) is 4.31 Å². The Bertz CT molecular complexity index is 913. The number of sulfonamides is 1. The van der Waals surface area contributed by atoms with E-state index in [9.17, 15) is 13.2 Å². The second-order valence-electron chi connectivity index (χ2n) is 5.12. The number of carbonyl (C=O) groups excluding carboxylic acids is 1. The van der Waals surface area contributed by atoms with Gasteiger partial charge in [0.2, 0.25) is 10.0 Å². The van der Waals surface area contributed by atoms with E-state index < -0.39 is 21.4 Å². The van der Waals surface area contributed by atoms with Gasteiger partial charge < -0.3 is 4.74 Å². The molecule has 5 nitrogen and oxygen atoms in total. The molecule has 0 aliphatic carbocycles. The van der Waals surface area contributed by atoms with Gasteiger partial charge in [-0.3, -0.25) is 0 Å². The van der Waals surface area contributed by atoms with E-state index in [2.05, 4.69) is 4.74 Å². The molecule has 0 spiro atoms. The average molecular weight is 438 g/mol. The van der Waals surface area contributed by atoms with Crippen LogP contribution in [-0.4, -0.2) is 38.1 Å². The molecular formula is C15H13Cl2NO4S3. The van der Waals surface area contributed by atoms with Crippen LogP contribution in [0.3, 0.4) is 0 Å². The van der Waals surface area contributed by atoms with Gasteiger partial charge >= 0.3 is 5.97 Å². The first-order valence-corrected chi connectivity index (χ1v) is 11.2. The Hall–Kier alpha value is -0.770. The highest BCUT2D eigenvalue weighted by molar-refractivity contribution is 8.01. The number of rotatable bonds is 4. The molecule has 10 heteroatoms. The first-order valence-electron chi connectivity index (χ1n) is 7.10. The third-order valence-electron chi connectivity index (χ3n) is 3.66. The lowest BCUT2D eigenvalue weighted by Gasteiger charge is -2.23. The first-order chi connectivity index (χ1) is 11.9. The fourth-order valence-corrected chi connectivity index (χ4v) is 7.34. The highest BCUT2D eigenvalue weighted by Gasteiger charge is 2.39. The lowest BCUT2D eigenvalue weighted by molar-refractivity contribution is 0.0602. The van der Waals surface area contributed by atoms with E-state index in [4.69, 9.17) is 23.2 Å². The summed E-state index contributed by atoms with van der Waals surface area (Å²) < 4.78 is 32.3. The molecule has 0 amide bonds. The fourth-order valence-electron chi connectivity index (χ4n) is 2.50. The summed E-state index contributed by atoms with van der Waals surface area (Å²) in [5.74, 6) is -0.0199. The van der Waals surface area contributed by atoms with Gasteiger partial charge in [-0.2, -0.15) is 4.31 Å². The predicted molar refractivity (Wildman–Crippen MR) is 101 cm³/mol. The quantitative estimate of drug-likeness (QED) is 0.667. The van der Waals surface area contributed by atoms with E-state index in [1.54, 1.807) is 23.6 Å². The molecule has 1 unspecified atom stereocenters. The van der Waals surface area contributed by atoms with Gasteiger partial charge in [0, 0.05) is 12.3 Å². The van der Waals surface area contributed by atoms with Crippen molar-refractivity contribution in [2.45, 2.75) is 10.3 Å². The van der Waals surface area contributed by atoms with Crippen molar-refractivity contribution in [3.05, 3.63) is 50.1 Å². The van der Waals surface area contributed by atoms with E-state index in [1.165, 1.54) is 29.2 Å². The van der Waals surface area contributed by atoms with Crippen LogP contribution in [0.15, 0.2) is 34.5 Å². The summed E-state index contributed by atoms with van der Waals surface area (Å²) in [6.07, 6.45) is 0. The molecule has 0 saturated carbocycles. The van der Waals surface area contributed by atoms with Gasteiger partial charge in [-0.15, -0.1) is 23.1 Å². The summed E-state index contributed by atoms with van der Waals surface area (Å²) in [5, 5.41) is 1.92. The number of halogens is 2. The minimum absolute atomic E-state index is 0.0306. The van der Waals surface area contributed by atoms with Crippen molar-refractivity contribution in [3.63, 3.8) is 0 Å². The lowest BCUT2D eigenvalue weighted by atomic mass is 10.2. The lowest BCUT2D eigenvalue weighted by Crippen LogP contribution is -2.31. The molecule has 3 rings (SSSR count). The Labute approximate surface area is 163 Å². The van der Waals surface area contributed by atoms with Crippen molar-refractivity contribution in [1.29, 1.82) is 0 Å². The van der Waals surface area contributed by atoms with Crippen LogP contribution in [0.5, 0.6) is 0 Å². The monoisotopic (exact) mass is 437 g/mol. The van der Waals surface area contributed by atoms with Crippen LogP contribution in [0.4, 0.5) is 0 Å². The van der Waals surface area contributed by atoms with Gasteiger partial charge in [0.1, 0.15) is 9.77 Å². The van der Waals surface area contributed by atoms with E-state index in [0.717, 1.165) is 16.9 Å². The molecular weight excluding hydrogens is 425 g/mol. The van der Waals surface area contributed by atoms with E-state index in [-0.39, 0.29) is 9.77 Å². The molecule has 2 aromatic rings. The maximum Gasteiger partial charge on any atom is 0.349 e. The summed E-state index contributed by atoms with van der Waals surface area (Å²) in [4.78, 5) is 11.9. The second kappa shape index (κ2) is 7.46. The smallest absolute Gasteiger partial charge is 0.349 e. The van der Waals surface area contributed by atoms with Gasteiger partial charge in [0.25, 0.3) is 0 Å². The minimum Gasteiger partial charge on any atom is -0.465 e. The van der Waals surface area contributed by atoms with Crippen LogP contribution < -0.4 is 0 Å². The molecule has 1 aliphatic heterocycles. The highest BCUT2D eigenvalue weighted by atomic mass is 35.5. The van der Waals surface area contributed by atoms with Gasteiger partial charge in [0.15, 0.2) is 0 Å². The van der Waals surface area contributed by atoms with Gasteiger partial charge in [-0.25, -0.2) is 13.2 Å². The Balaban J connectivity index is 2.00. The first kappa shape index (κ1) is 19.0. The number of hydrogen-bond acceptors (Lipinski definition) is 6. The Morgan fingerprint density at radius 2 is 2.04 bits per heavy atom. The minimum atomic E-state index is -3.86. The van der Waals surface area contributed by atoms with Crippen molar-refractivity contribution in [3.8, 4) is 0 Å². The Morgan fingerprint density at radius 1 is 1.28 bits per heavy atom. The molecule has 2 heterocycles. The summed E-state index contributed by atoms with van der Waals surface area (Å²) in [6.45, 7) is 0.342. The number of thiophene rings is 1. The number of methoxy groups -OCH3 is 1. The summed E-state index contributed by atoms with van der Waals surface area (Å²) >= 11 is 14.6. The molecule has 1 aliphatic rings.